The van der Waals surface area contributed by atoms with E-state index in [2.05, 4.69) is 20.9 Å². The fourth-order valence-corrected chi connectivity index (χ4v) is 3.15. The molecule has 0 spiro atoms. The first-order valence-corrected chi connectivity index (χ1v) is 8.22. The number of hydrogen-bond donors (Lipinski definition) is 0. The number of sulfonamides is 1. The van der Waals surface area contributed by atoms with E-state index in [1.165, 1.54) is 4.31 Å². The normalized spacial score (nSPS) is 17.6. The van der Waals surface area contributed by atoms with Crippen LogP contribution in [0.4, 0.5) is 0 Å². The molecule has 0 unspecified atom stereocenters. The number of aromatic nitrogens is 1. The van der Waals surface area contributed by atoms with Crippen LogP contribution in [0.1, 0.15) is 19.0 Å². The average Bonchev–Trinajstić information content (AvgIpc) is 2.40. The summed E-state index contributed by atoms with van der Waals surface area (Å²) in [6.07, 6.45) is 4.42. The predicted molar refractivity (Wildman–Crippen MR) is 75.6 cm³/mol. The van der Waals surface area contributed by atoms with E-state index < -0.39 is 10.0 Å². The van der Waals surface area contributed by atoms with E-state index in [-0.39, 0.29) is 5.75 Å². The SMILES string of the molecule is CCS(=O)(=O)N1CC=C(c2ccc(Br)cn2)CC1. The molecule has 0 fully saturated rings. The zero-order valence-corrected chi connectivity index (χ0v) is 12.5. The Morgan fingerprint density at radius 1 is 1.44 bits per heavy atom. The summed E-state index contributed by atoms with van der Waals surface area (Å²) in [6.45, 7) is 2.66. The van der Waals surface area contributed by atoms with Gasteiger partial charge in [0.05, 0.1) is 11.4 Å². The van der Waals surface area contributed by atoms with Gasteiger partial charge in [0, 0.05) is 23.8 Å². The second kappa shape index (κ2) is 5.50. The number of halogens is 1. The molecule has 1 aliphatic heterocycles. The largest absolute Gasteiger partial charge is 0.255 e. The molecule has 0 N–H and O–H groups in total. The highest BCUT2D eigenvalue weighted by Gasteiger charge is 2.22. The lowest BCUT2D eigenvalue weighted by Crippen LogP contribution is -2.35. The Kier molecular flexibility index (Phi) is 4.19. The zero-order valence-electron chi connectivity index (χ0n) is 10.1. The molecule has 98 valence electrons. The molecule has 1 aliphatic rings. The Morgan fingerprint density at radius 2 is 2.22 bits per heavy atom. The molecule has 2 heterocycles. The standard InChI is InChI=1S/C12H15BrN2O2S/c1-2-18(16,17)15-7-5-10(6-8-15)12-4-3-11(13)9-14-12/h3-5,9H,2,6-8H2,1H3. The van der Waals surface area contributed by atoms with Crippen LogP contribution in [0.5, 0.6) is 0 Å². The molecular weight excluding hydrogens is 316 g/mol. The first-order chi connectivity index (χ1) is 8.53. The topological polar surface area (TPSA) is 50.3 Å². The van der Waals surface area contributed by atoms with Gasteiger partial charge in [0.15, 0.2) is 0 Å². The van der Waals surface area contributed by atoms with Crippen LogP contribution in [-0.2, 0) is 10.0 Å². The molecule has 0 aromatic carbocycles. The van der Waals surface area contributed by atoms with Gasteiger partial charge in [0.1, 0.15) is 0 Å². The van der Waals surface area contributed by atoms with Gasteiger partial charge in [-0.05, 0) is 47.0 Å². The lowest BCUT2D eigenvalue weighted by Gasteiger charge is -2.25. The lowest BCUT2D eigenvalue weighted by atomic mass is 10.1. The molecule has 0 saturated carbocycles. The summed E-state index contributed by atoms with van der Waals surface area (Å²) >= 11 is 3.34. The summed E-state index contributed by atoms with van der Waals surface area (Å²) in [7, 11) is -3.07. The maximum absolute atomic E-state index is 11.7. The first-order valence-electron chi connectivity index (χ1n) is 5.81. The number of hydrogen-bond acceptors (Lipinski definition) is 3. The molecule has 4 nitrogen and oxygen atoms in total. The van der Waals surface area contributed by atoms with Crippen LogP contribution in [0.2, 0.25) is 0 Å². The van der Waals surface area contributed by atoms with Crippen LogP contribution in [0.15, 0.2) is 28.9 Å². The van der Waals surface area contributed by atoms with Crippen molar-refractivity contribution in [2.24, 2.45) is 0 Å². The molecule has 0 bridgehead atoms. The average molecular weight is 331 g/mol. The van der Waals surface area contributed by atoms with Crippen molar-refractivity contribution in [2.75, 3.05) is 18.8 Å². The van der Waals surface area contributed by atoms with E-state index in [0.29, 0.717) is 19.5 Å². The number of pyridine rings is 1. The van der Waals surface area contributed by atoms with Crippen LogP contribution in [-0.4, -0.2) is 36.5 Å². The molecule has 2 rings (SSSR count). The van der Waals surface area contributed by atoms with Crippen LogP contribution >= 0.6 is 15.9 Å². The van der Waals surface area contributed by atoms with Gasteiger partial charge >= 0.3 is 0 Å². The molecule has 0 radical (unpaired) electrons. The van der Waals surface area contributed by atoms with Crippen molar-refractivity contribution < 1.29 is 8.42 Å². The molecular formula is C12H15BrN2O2S. The van der Waals surface area contributed by atoms with Gasteiger partial charge in [-0.15, -0.1) is 0 Å². The monoisotopic (exact) mass is 330 g/mol. The summed E-state index contributed by atoms with van der Waals surface area (Å²) in [4.78, 5) is 4.33. The van der Waals surface area contributed by atoms with E-state index in [0.717, 1.165) is 15.7 Å². The third-order valence-corrected chi connectivity index (χ3v) is 5.30. The second-order valence-corrected chi connectivity index (χ2v) is 7.27. The van der Waals surface area contributed by atoms with E-state index in [1.54, 1.807) is 13.1 Å². The quantitative estimate of drug-likeness (QED) is 0.854. The van der Waals surface area contributed by atoms with Crippen molar-refractivity contribution in [3.8, 4) is 0 Å². The fraction of sp³-hybridized carbons (Fsp3) is 0.417. The lowest BCUT2D eigenvalue weighted by molar-refractivity contribution is 0.442. The first kappa shape index (κ1) is 13.7. The van der Waals surface area contributed by atoms with Gasteiger partial charge in [-0.3, -0.25) is 4.98 Å². The predicted octanol–water partition coefficient (Wildman–Crippen LogP) is 2.28. The Morgan fingerprint density at radius 3 is 2.72 bits per heavy atom. The highest BCUT2D eigenvalue weighted by Crippen LogP contribution is 2.23. The van der Waals surface area contributed by atoms with Crippen molar-refractivity contribution in [3.63, 3.8) is 0 Å². The molecule has 0 atom stereocenters. The number of nitrogens with zero attached hydrogens (tertiary/aromatic N) is 2. The molecule has 0 amide bonds. The van der Waals surface area contributed by atoms with Crippen molar-refractivity contribution in [3.05, 3.63) is 34.6 Å². The van der Waals surface area contributed by atoms with Crippen LogP contribution in [0.25, 0.3) is 5.57 Å². The molecule has 18 heavy (non-hydrogen) atoms. The highest BCUT2D eigenvalue weighted by molar-refractivity contribution is 9.10. The van der Waals surface area contributed by atoms with E-state index >= 15 is 0 Å². The van der Waals surface area contributed by atoms with E-state index in [4.69, 9.17) is 0 Å². The summed E-state index contributed by atoms with van der Waals surface area (Å²) in [5.41, 5.74) is 2.04. The summed E-state index contributed by atoms with van der Waals surface area (Å²) in [6, 6.07) is 3.89. The minimum atomic E-state index is -3.07. The summed E-state index contributed by atoms with van der Waals surface area (Å²) in [5.74, 6) is 0.159. The van der Waals surface area contributed by atoms with Gasteiger partial charge in [-0.1, -0.05) is 6.08 Å². The molecule has 1 aromatic rings. The summed E-state index contributed by atoms with van der Waals surface area (Å²) in [5, 5.41) is 0. The van der Waals surface area contributed by atoms with E-state index in [9.17, 15) is 8.42 Å². The molecule has 6 heteroatoms. The third-order valence-electron chi connectivity index (χ3n) is 2.99. The van der Waals surface area contributed by atoms with Crippen LogP contribution < -0.4 is 0 Å². The molecule has 0 aliphatic carbocycles. The Bertz CT molecular complexity index is 552. The zero-order chi connectivity index (χ0) is 13.2. The van der Waals surface area contributed by atoms with Crippen molar-refractivity contribution >= 4 is 31.5 Å². The Labute approximate surface area is 116 Å². The maximum atomic E-state index is 11.7. The minimum Gasteiger partial charge on any atom is -0.255 e. The molecule has 0 saturated heterocycles. The van der Waals surface area contributed by atoms with Crippen molar-refractivity contribution in [1.29, 1.82) is 0 Å². The summed E-state index contributed by atoms with van der Waals surface area (Å²) < 4.78 is 25.9. The van der Waals surface area contributed by atoms with E-state index in [1.807, 2.05) is 18.2 Å². The maximum Gasteiger partial charge on any atom is 0.214 e. The smallest absolute Gasteiger partial charge is 0.214 e. The molecule has 1 aromatic heterocycles. The van der Waals surface area contributed by atoms with Gasteiger partial charge in [0.25, 0.3) is 0 Å². The fourth-order valence-electron chi connectivity index (χ4n) is 1.88. The highest BCUT2D eigenvalue weighted by atomic mass is 79.9. The Hall–Kier alpha value is -0.720. The minimum absolute atomic E-state index is 0.159. The van der Waals surface area contributed by atoms with Crippen molar-refractivity contribution in [2.45, 2.75) is 13.3 Å². The number of rotatable bonds is 3. The third kappa shape index (κ3) is 2.99. The van der Waals surface area contributed by atoms with Gasteiger partial charge < -0.3 is 0 Å². The van der Waals surface area contributed by atoms with Gasteiger partial charge in [-0.2, -0.15) is 4.31 Å². The Balaban J connectivity index is 2.14. The van der Waals surface area contributed by atoms with Gasteiger partial charge in [-0.25, -0.2) is 8.42 Å². The van der Waals surface area contributed by atoms with Crippen LogP contribution in [0, 0.1) is 0 Å². The van der Waals surface area contributed by atoms with Crippen molar-refractivity contribution in [1.82, 2.24) is 9.29 Å². The second-order valence-electron chi connectivity index (χ2n) is 4.10. The van der Waals surface area contributed by atoms with Gasteiger partial charge in [0.2, 0.25) is 10.0 Å². The van der Waals surface area contributed by atoms with Crippen LogP contribution in [0.3, 0.4) is 0 Å².